The zero-order valence-electron chi connectivity index (χ0n) is 18.5. The summed E-state index contributed by atoms with van der Waals surface area (Å²) < 4.78 is 8.73. The lowest BCUT2D eigenvalue weighted by Crippen LogP contribution is -2.28. The van der Waals surface area contributed by atoms with E-state index in [2.05, 4.69) is 10.3 Å². The van der Waals surface area contributed by atoms with Gasteiger partial charge in [-0.2, -0.15) is 0 Å². The van der Waals surface area contributed by atoms with Crippen LogP contribution >= 0.6 is 11.6 Å². The van der Waals surface area contributed by atoms with Crippen LogP contribution in [0.2, 0.25) is 5.02 Å². The number of carbonyl (C=O) groups excluding carboxylic acids is 1. The molecule has 2 aromatic heterocycles. The Bertz CT molecular complexity index is 1150. The van der Waals surface area contributed by atoms with Crippen LogP contribution in [0.3, 0.4) is 0 Å². The molecule has 0 unspecified atom stereocenters. The highest BCUT2D eigenvalue weighted by Crippen LogP contribution is 2.28. The van der Waals surface area contributed by atoms with E-state index in [0.29, 0.717) is 35.8 Å². The summed E-state index contributed by atoms with van der Waals surface area (Å²) in [5, 5.41) is 4.05. The van der Waals surface area contributed by atoms with Crippen LogP contribution in [0.1, 0.15) is 36.6 Å². The number of fused-ring (bicyclic) bond motifs is 1. The molecule has 0 radical (unpaired) electrons. The molecule has 0 aliphatic heterocycles. The number of aromatic nitrogens is 3. The fourth-order valence-corrected chi connectivity index (χ4v) is 3.79. The summed E-state index contributed by atoms with van der Waals surface area (Å²) in [6.45, 7) is 9.96. The van der Waals surface area contributed by atoms with E-state index in [4.69, 9.17) is 16.3 Å². The topological polar surface area (TPSA) is 78.2 Å². The van der Waals surface area contributed by atoms with Gasteiger partial charge in [-0.05, 0) is 57.4 Å². The van der Waals surface area contributed by atoms with E-state index in [9.17, 15) is 9.59 Å². The molecule has 31 heavy (non-hydrogen) atoms. The number of nitrogens with one attached hydrogen (secondary N) is 1. The van der Waals surface area contributed by atoms with Crippen molar-refractivity contribution in [3.63, 3.8) is 0 Å². The van der Waals surface area contributed by atoms with E-state index in [1.165, 1.54) is 10.9 Å². The maximum absolute atomic E-state index is 13.2. The molecule has 0 aliphatic rings. The largest absolute Gasteiger partial charge is 0.382 e. The van der Waals surface area contributed by atoms with Crippen molar-refractivity contribution in [2.24, 2.45) is 0 Å². The van der Waals surface area contributed by atoms with Crippen LogP contribution in [0.5, 0.6) is 0 Å². The summed E-state index contributed by atoms with van der Waals surface area (Å²) in [6, 6.07) is 5.68. The molecule has 1 N–H and O–H groups in total. The van der Waals surface area contributed by atoms with Gasteiger partial charge in [-0.3, -0.25) is 18.7 Å². The Morgan fingerprint density at radius 1 is 1.26 bits per heavy atom. The minimum Gasteiger partial charge on any atom is -0.382 e. The maximum atomic E-state index is 13.2. The summed E-state index contributed by atoms with van der Waals surface area (Å²) in [4.78, 5) is 29.9. The number of carbonyl (C=O) groups is 1. The highest BCUT2D eigenvalue weighted by Gasteiger charge is 2.19. The first-order valence-corrected chi connectivity index (χ1v) is 10.9. The lowest BCUT2D eigenvalue weighted by atomic mass is 10.2. The van der Waals surface area contributed by atoms with E-state index >= 15 is 0 Å². The summed E-state index contributed by atoms with van der Waals surface area (Å²) in [7, 11) is 0. The quantitative estimate of drug-likeness (QED) is 0.510. The van der Waals surface area contributed by atoms with Crippen molar-refractivity contribution in [3.05, 3.63) is 56.7 Å². The molecule has 8 heteroatoms. The van der Waals surface area contributed by atoms with Gasteiger partial charge in [0, 0.05) is 43.4 Å². The maximum Gasteiger partial charge on any atom is 0.263 e. The normalized spacial score (nSPS) is 11.3. The van der Waals surface area contributed by atoms with Crippen LogP contribution < -0.4 is 10.9 Å². The predicted octanol–water partition coefficient (Wildman–Crippen LogP) is 3.70. The second-order valence-electron chi connectivity index (χ2n) is 7.57. The third-order valence-electron chi connectivity index (χ3n) is 5.47. The summed E-state index contributed by atoms with van der Waals surface area (Å²) in [5.41, 5.74) is 4.21. The van der Waals surface area contributed by atoms with Gasteiger partial charge in [0.1, 0.15) is 0 Å². The number of aryl methyl sites for hydroxylation is 3. The van der Waals surface area contributed by atoms with Crippen LogP contribution in [0.4, 0.5) is 0 Å². The highest BCUT2D eigenvalue weighted by atomic mass is 35.5. The van der Waals surface area contributed by atoms with Crippen LogP contribution in [-0.2, 0) is 16.1 Å². The molecule has 0 atom stereocenters. The lowest BCUT2D eigenvalue weighted by Gasteiger charge is -2.12. The SMILES string of the molecule is CCOCCCNC(=O)CCn1cnc2c(c(C)c(C)n2-c2cc(Cl)ccc2C)c1=O. The minimum absolute atomic E-state index is 0.0940. The van der Waals surface area contributed by atoms with E-state index in [1.807, 2.05) is 50.5 Å². The average molecular weight is 445 g/mol. The third-order valence-corrected chi connectivity index (χ3v) is 5.70. The number of nitrogens with zero attached hydrogens (tertiary/aromatic N) is 3. The molecule has 1 amide bonds. The van der Waals surface area contributed by atoms with Crippen molar-refractivity contribution in [2.45, 2.75) is 47.1 Å². The van der Waals surface area contributed by atoms with Crippen LogP contribution in [-0.4, -0.2) is 39.8 Å². The van der Waals surface area contributed by atoms with Gasteiger partial charge < -0.3 is 10.1 Å². The van der Waals surface area contributed by atoms with Crippen molar-refractivity contribution in [1.29, 1.82) is 0 Å². The highest BCUT2D eigenvalue weighted by molar-refractivity contribution is 6.30. The molecule has 3 aromatic rings. The van der Waals surface area contributed by atoms with Crippen LogP contribution in [0.15, 0.2) is 29.3 Å². The fourth-order valence-electron chi connectivity index (χ4n) is 3.62. The van der Waals surface area contributed by atoms with Gasteiger partial charge in [-0.1, -0.05) is 17.7 Å². The number of amides is 1. The average Bonchev–Trinajstić information content (AvgIpc) is 3.00. The lowest BCUT2D eigenvalue weighted by molar-refractivity contribution is -0.121. The number of benzene rings is 1. The van der Waals surface area contributed by atoms with Crippen molar-refractivity contribution in [1.82, 2.24) is 19.4 Å². The van der Waals surface area contributed by atoms with Crippen LogP contribution in [0.25, 0.3) is 16.7 Å². The van der Waals surface area contributed by atoms with E-state index < -0.39 is 0 Å². The minimum atomic E-state index is -0.145. The van der Waals surface area contributed by atoms with Crippen molar-refractivity contribution < 1.29 is 9.53 Å². The van der Waals surface area contributed by atoms with Gasteiger partial charge in [-0.25, -0.2) is 4.98 Å². The molecular formula is C23H29ClN4O3. The summed E-state index contributed by atoms with van der Waals surface area (Å²) in [5.74, 6) is -0.0940. The Kier molecular flexibility index (Phi) is 7.51. The van der Waals surface area contributed by atoms with Crippen molar-refractivity contribution >= 4 is 28.5 Å². The molecule has 0 saturated heterocycles. The Balaban J connectivity index is 1.83. The Hall–Kier alpha value is -2.64. The van der Waals surface area contributed by atoms with Crippen molar-refractivity contribution in [2.75, 3.05) is 19.8 Å². The van der Waals surface area contributed by atoms with Crippen molar-refractivity contribution in [3.8, 4) is 5.69 Å². The Morgan fingerprint density at radius 3 is 2.77 bits per heavy atom. The standard InChI is InChI=1S/C23H29ClN4O3/c1-5-31-12-6-10-25-20(29)9-11-27-14-26-22-21(23(27)30)16(3)17(4)28(22)19-13-18(24)8-7-15(19)2/h7-8,13-14H,5-6,9-12H2,1-4H3,(H,25,29). The zero-order chi connectivity index (χ0) is 22.5. The van der Waals surface area contributed by atoms with Gasteiger partial charge in [-0.15, -0.1) is 0 Å². The first kappa shape index (κ1) is 23.0. The smallest absolute Gasteiger partial charge is 0.263 e. The second-order valence-corrected chi connectivity index (χ2v) is 8.01. The number of hydrogen-bond acceptors (Lipinski definition) is 4. The molecule has 0 bridgehead atoms. The molecule has 3 rings (SSSR count). The number of hydrogen-bond donors (Lipinski definition) is 1. The van der Waals surface area contributed by atoms with E-state index in [0.717, 1.165) is 28.9 Å². The Morgan fingerprint density at radius 2 is 2.03 bits per heavy atom. The second kappa shape index (κ2) is 10.1. The van der Waals surface area contributed by atoms with Gasteiger partial charge in [0.25, 0.3) is 5.56 Å². The molecule has 2 heterocycles. The third kappa shape index (κ3) is 4.99. The first-order valence-electron chi connectivity index (χ1n) is 10.5. The molecule has 166 valence electrons. The molecule has 0 saturated carbocycles. The molecule has 1 aromatic carbocycles. The first-order chi connectivity index (χ1) is 14.8. The van der Waals surface area contributed by atoms with Gasteiger partial charge >= 0.3 is 0 Å². The Labute approximate surface area is 187 Å². The van der Waals surface area contributed by atoms with Gasteiger partial charge in [0.2, 0.25) is 5.91 Å². The van der Waals surface area contributed by atoms with Gasteiger partial charge in [0.05, 0.1) is 17.4 Å². The molecule has 7 nitrogen and oxygen atoms in total. The van der Waals surface area contributed by atoms with Crippen LogP contribution in [0, 0.1) is 20.8 Å². The summed E-state index contributed by atoms with van der Waals surface area (Å²) >= 11 is 6.22. The summed E-state index contributed by atoms with van der Waals surface area (Å²) in [6.07, 6.45) is 2.50. The molecule has 0 fully saturated rings. The zero-order valence-corrected chi connectivity index (χ0v) is 19.3. The molecule has 0 aliphatic carbocycles. The molecular weight excluding hydrogens is 416 g/mol. The molecule has 0 spiro atoms. The number of rotatable bonds is 9. The van der Waals surface area contributed by atoms with Gasteiger partial charge in [0.15, 0.2) is 5.65 Å². The predicted molar refractivity (Wildman–Crippen MR) is 123 cm³/mol. The fraction of sp³-hybridized carbons (Fsp3) is 0.435. The van der Waals surface area contributed by atoms with E-state index in [-0.39, 0.29) is 24.4 Å². The number of halogens is 1. The van der Waals surface area contributed by atoms with E-state index in [1.54, 1.807) is 0 Å². The number of ether oxygens (including phenoxy) is 1. The monoisotopic (exact) mass is 444 g/mol.